The molecule has 0 aliphatic carbocycles. The highest BCUT2D eigenvalue weighted by molar-refractivity contribution is 5.94. The fourth-order valence-corrected chi connectivity index (χ4v) is 3.27. The van der Waals surface area contributed by atoms with Gasteiger partial charge in [0.1, 0.15) is 0 Å². The predicted octanol–water partition coefficient (Wildman–Crippen LogP) is 2.91. The van der Waals surface area contributed by atoms with Gasteiger partial charge in [0, 0.05) is 44.5 Å². The van der Waals surface area contributed by atoms with E-state index in [-0.39, 0.29) is 6.03 Å². The largest absolute Gasteiger partial charge is 0.381 e. The Morgan fingerprint density at radius 2 is 2.13 bits per heavy atom. The van der Waals surface area contributed by atoms with Crippen LogP contribution in [0.2, 0.25) is 0 Å². The van der Waals surface area contributed by atoms with Gasteiger partial charge in [-0.05, 0) is 30.9 Å². The van der Waals surface area contributed by atoms with Crippen molar-refractivity contribution in [1.29, 1.82) is 0 Å². The molecular formula is C18H26N2O3. The molecule has 0 radical (unpaired) electrons. The van der Waals surface area contributed by atoms with Gasteiger partial charge in [0.05, 0.1) is 6.10 Å². The molecule has 0 aromatic heterocycles. The molecule has 0 saturated carbocycles. The fourth-order valence-electron chi connectivity index (χ4n) is 3.27. The molecule has 5 heteroatoms. The fraction of sp³-hybridized carbons (Fsp3) is 0.611. The molecule has 2 aliphatic heterocycles. The lowest BCUT2D eigenvalue weighted by Crippen LogP contribution is -2.40. The number of urea groups is 1. The van der Waals surface area contributed by atoms with Gasteiger partial charge in [0.15, 0.2) is 0 Å². The first-order valence-corrected chi connectivity index (χ1v) is 8.59. The number of nitrogens with one attached hydrogen (secondary N) is 1. The molecule has 3 rings (SSSR count). The van der Waals surface area contributed by atoms with Crippen molar-refractivity contribution in [3.63, 3.8) is 0 Å². The highest BCUT2D eigenvalue weighted by Gasteiger charge is 2.29. The molecule has 5 nitrogen and oxygen atoms in total. The van der Waals surface area contributed by atoms with Crippen LogP contribution in [0.1, 0.15) is 37.7 Å². The average Bonchev–Trinajstić information content (AvgIpc) is 2.93. The summed E-state index contributed by atoms with van der Waals surface area (Å²) in [5.41, 5.74) is 2.29. The Balaban J connectivity index is 1.38. The molecule has 0 bridgehead atoms. The molecule has 0 spiro atoms. The third-order valence-electron chi connectivity index (χ3n) is 4.58. The molecule has 1 fully saturated rings. The van der Waals surface area contributed by atoms with Crippen LogP contribution in [-0.4, -0.2) is 45.0 Å². The number of benzene rings is 1. The van der Waals surface area contributed by atoms with Gasteiger partial charge in [-0.1, -0.05) is 25.1 Å². The molecule has 1 atom stereocenters. The molecule has 2 aliphatic rings. The number of ether oxygens (including phenoxy) is 2. The molecule has 2 amide bonds. The summed E-state index contributed by atoms with van der Waals surface area (Å²) in [5.74, 6) is 0.397. The van der Waals surface area contributed by atoms with E-state index in [4.69, 9.17) is 9.47 Å². The van der Waals surface area contributed by atoms with Gasteiger partial charge >= 0.3 is 6.03 Å². The number of fused-ring (bicyclic) bond motifs is 1. The highest BCUT2D eigenvalue weighted by atomic mass is 16.5. The van der Waals surface area contributed by atoms with Crippen molar-refractivity contribution in [2.45, 2.75) is 38.2 Å². The lowest BCUT2D eigenvalue weighted by Gasteiger charge is -2.22. The number of amides is 2. The van der Waals surface area contributed by atoms with E-state index >= 15 is 0 Å². The second-order valence-electron chi connectivity index (χ2n) is 6.34. The van der Waals surface area contributed by atoms with E-state index in [9.17, 15) is 4.79 Å². The van der Waals surface area contributed by atoms with Crippen LogP contribution in [0.25, 0.3) is 0 Å². The van der Waals surface area contributed by atoms with Crippen molar-refractivity contribution >= 4 is 11.7 Å². The third kappa shape index (κ3) is 4.03. The zero-order chi connectivity index (χ0) is 16.1. The van der Waals surface area contributed by atoms with Gasteiger partial charge in [-0.25, -0.2) is 4.79 Å². The minimum Gasteiger partial charge on any atom is -0.381 e. The lowest BCUT2D eigenvalue weighted by molar-refractivity contribution is -0.0320. The minimum absolute atomic E-state index is 0.00661. The molecule has 1 aromatic carbocycles. The van der Waals surface area contributed by atoms with Crippen molar-refractivity contribution in [2.24, 2.45) is 0 Å². The van der Waals surface area contributed by atoms with Crippen molar-refractivity contribution in [3.8, 4) is 0 Å². The Labute approximate surface area is 137 Å². The van der Waals surface area contributed by atoms with E-state index in [0.717, 1.165) is 44.7 Å². The Morgan fingerprint density at radius 3 is 2.96 bits per heavy atom. The SMILES string of the molecule is C[C@H]1CN(C(=O)NCCCOC2CCOCC2)c2ccccc21. The third-order valence-corrected chi connectivity index (χ3v) is 4.58. The molecule has 0 unspecified atom stereocenters. The zero-order valence-electron chi connectivity index (χ0n) is 13.8. The van der Waals surface area contributed by atoms with Crippen molar-refractivity contribution in [2.75, 3.05) is 37.8 Å². The number of rotatable bonds is 5. The number of para-hydroxylation sites is 1. The monoisotopic (exact) mass is 318 g/mol. The lowest BCUT2D eigenvalue weighted by atomic mass is 10.0. The van der Waals surface area contributed by atoms with E-state index in [2.05, 4.69) is 18.3 Å². The maximum atomic E-state index is 12.4. The van der Waals surface area contributed by atoms with Crippen LogP contribution in [-0.2, 0) is 9.47 Å². The van der Waals surface area contributed by atoms with Crippen molar-refractivity contribution < 1.29 is 14.3 Å². The summed E-state index contributed by atoms with van der Waals surface area (Å²) in [6.07, 6.45) is 3.13. The van der Waals surface area contributed by atoms with Crippen LogP contribution in [0.3, 0.4) is 0 Å². The number of carbonyl (C=O) groups is 1. The Hall–Kier alpha value is -1.59. The first-order chi connectivity index (χ1) is 11.3. The van der Waals surface area contributed by atoms with Crippen molar-refractivity contribution in [1.82, 2.24) is 5.32 Å². The van der Waals surface area contributed by atoms with Gasteiger partial charge in [0.25, 0.3) is 0 Å². The Morgan fingerprint density at radius 1 is 1.35 bits per heavy atom. The van der Waals surface area contributed by atoms with Gasteiger partial charge in [-0.3, -0.25) is 4.90 Å². The molecule has 1 saturated heterocycles. The molecule has 126 valence electrons. The summed E-state index contributed by atoms with van der Waals surface area (Å²) < 4.78 is 11.1. The topological polar surface area (TPSA) is 50.8 Å². The molecule has 1 N–H and O–H groups in total. The summed E-state index contributed by atoms with van der Waals surface area (Å²) in [7, 11) is 0. The smallest absolute Gasteiger partial charge is 0.321 e. The minimum atomic E-state index is -0.00661. The number of anilines is 1. The van der Waals surface area contributed by atoms with Crippen LogP contribution in [0.5, 0.6) is 0 Å². The van der Waals surface area contributed by atoms with Crippen LogP contribution in [0.15, 0.2) is 24.3 Å². The maximum Gasteiger partial charge on any atom is 0.321 e. The second kappa shape index (κ2) is 7.79. The summed E-state index contributed by atoms with van der Waals surface area (Å²) in [6.45, 7) is 5.85. The number of nitrogens with zero attached hydrogens (tertiary/aromatic N) is 1. The molecular weight excluding hydrogens is 292 g/mol. The normalized spacial score (nSPS) is 21.3. The zero-order valence-corrected chi connectivity index (χ0v) is 13.8. The summed E-state index contributed by atoms with van der Waals surface area (Å²) in [5, 5.41) is 3.01. The Bertz CT molecular complexity index is 529. The number of hydrogen-bond acceptors (Lipinski definition) is 3. The Kier molecular flexibility index (Phi) is 5.51. The second-order valence-corrected chi connectivity index (χ2v) is 6.34. The predicted molar refractivity (Wildman–Crippen MR) is 90.0 cm³/mol. The summed E-state index contributed by atoms with van der Waals surface area (Å²) >= 11 is 0. The van der Waals surface area contributed by atoms with E-state index in [1.807, 2.05) is 23.1 Å². The molecule has 1 aromatic rings. The highest BCUT2D eigenvalue weighted by Crippen LogP contribution is 2.35. The summed E-state index contributed by atoms with van der Waals surface area (Å²) in [6, 6.07) is 8.14. The average molecular weight is 318 g/mol. The van der Waals surface area contributed by atoms with Gasteiger partial charge in [0.2, 0.25) is 0 Å². The van der Waals surface area contributed by atoms with Crippen LogP contribution in [0, 0.1) is 0 Å². The van der Waals surface area contributed by atoms with E-state index in [1.165, 1.54) is 5.56 Å². The molecule has 2 heterocycles. The molecule has 23 heavy (non-hydrogen) atoms. The quantitative estimate of drug-likeness (QED) is 0.849. The number of carbonyl (C=O) groups excluding carboxylic acids is 1. The first-order valence-electron chi connectivity index (χ1n) is 8.59. The maximum absolute atomic E-state index is 12.4. The standard InChI is InChI=1S/C18H26N2O3/c1-14-13-20(17-6-3-2-5-16(14)17)18(21)19-9-4-10-23-15-7-11-22-12-8-15/h2-3,5-6,14-15H,4,7-13H2,1H3,(H,19,21)/t14-/m0/s1. The van der Waals surface area contributed by atoms with Crippen LogP contribution < -0.4 is 10.2 Å². The van der Waals surface area contributed by atoms with Gasteiger partial charge in [-0.2, -0.15) is 0 Å². The van der Waals surface area contributed by atoms with Gasteiger partial charge in [-0.15, -0.1) is 0 Å². The number of hydrogen-bond donors (Lipinski definition) is 1. The van der Waals surface area contributed by atoms with Crippen molar-refractivity contribution in [3.05, 3.63) is 29.8 Å². The van der Waals surface area contributed by atoms with Gasteiger partial charge < -0.3 is 14.8 Å². The van der Waals surface area contributed by atoms with E-state index < -0.39 is 0 Å². The van der Waals surface area contributed by atoms with E-state index in [1.54, 1.807) is 0 Å². The van der Waals surface area contributed by atoms with E-state index in [0.29, 0.717) is 25.2 Å². The summed E-state index contributed by atoms with van der Waals surface area (Å²) in [4.78, 5) is 14.2. The first kappa shape index (κ1) is 16.3. The van der Waals surface area contributed by atoms with Crippen LogP contribution >= 0.6 is 0 Å². The van der Waals surface area contributed by atoms with Crippen LogP contribution in [0.4, 0.5) is 10.5 Å².